The summed E-state index contributed by atoms with van der Waals surface area (Å²) in [5, 5.41) is 12.8. The Labute approximate surface area is 116 Å². The van der Waals surface area contributed by atoms with Crippen molar-refractivity contribution in [2.45, 2.75) is 52.4 Å². The molecule has 0 aliphatic heterocycles. The van der Waals surface area contributed by atoms with Crippen molar-refractivity contribution in [1.82, 2.24) is 5.32 Å². The highest BCUT2D eigenvalue weighted by Crippen LogP contribution is 2.43. The maximum Gasteiger partial charge on any atom is 0.310 e. The van der Waals surface area contributed by atoms with E-state index in [0.29, 0.717) is 24.8 Å². The Bertz CT molecular complexity index is 283. The maximum atomic E-state index is 11.4. The van der Waals surface area contributed by atoms with Crippen LogP contribution in [0.25, 0.3) is 0 Å². The minimum atomic E-state index is -0.676. The topological polar surface area (TPSA) is 58.6 Å². The zero-order valence-electron chi connectivity index (χ0n) is 12.6. The fourth-order valence-corrected chi connectivity index (χ4v) is 2.96. The molecule has 1 saturated carbocycles. The number of ether oxygens (including phenoxy) is 1. The molecule has 0 aromatic heterocycles. The van der Waals surface area contributed by atoms with E-state index < -0.39 is 11.4 Å². The van der Waals surface area contributed by atoms with Crippen LogP contribution in [0.5, 0.6) is 0 Å². The van der Waals surface area contributed by atoms with Gasteiger partial charge in [-0.1, -0.05) is 20.3 Å². The van der Waals surface area contributed by atoms with Gasteiger partial charge < -0.3 is 15.2 Å². The van der Waals surface area contributed by atoms with Gasteiger partial charge in [0.1, 0.15) is 0 Å². The number of methoxy groups -OCH3 is 1. The summed E-state index contributed by atoms with van der Waals surface area (Å²) >= 11 is 0. The Hall–Kier alpha value is -0.610. The first-order valence-corrected chi connectivity index (χ1v) is 7.47. The number of hydrogen-bond acceptors (Lipinski definition) is 3. The Morgan fingerprint density at radius 3 is 2.37 bits per heavy atom. The third-order valence-corrected chi connectivity index (χ3v) is 5.02. The molecule has 0 amide bonds. The smallest absolute Gasteiger partial charge is 0.310 e. The van der Waals surface area contributed by atoms with Crippen LogP contribution < -0.4 is 5.32 Å². The number of carboxylic acid groups (broad SMARTS) is 1. The number of carbonyl (C=O) groups is 1. The molecular weight excluding hydrogens is 242 g/mol. The van der Waals surface area contributed by atoms with E-state index in [9.17, 15) is 9.90 Å². The number of rotatable bonds is 10. The lowest BCUT2D eigenvalue weighted by Gasteiger charge is -2.43. The van der Waals surface area contributed by atoms with Gasteiger partial charge in [-0.2, -0.15) is 0 Å². The molecule has 1 aliphatic carbocycles. The molecule has 0 aromatic rings. The van der Waals surface area contributed by atoms with Gasteiger partial charge in [0.25, 0.3) is 0 Å². The minimum absolute atomic E-state index is 0.349. The van der Waals surface area contributed by atoms with E-state index in [0.717, 1.165) is 19.6 Å². The van der Waals surface area contributed by atoms with Crippen LogP contribution in [0.4, 0.5) is 0 Å². The summed E-state index contributed by atoms with van der Waals surface area (Å²) in [5.41, 5.74) is -0.256. The lowest BCUT2D eigenvalue weighted by Crippen LogP contribution is -2.46. The normalized spacial score (nSPS) is 18.1. The van der Waals surface area contributed by atoms with E-state index in [4.69, 9.17) is 4.74 Å². The lowest BCUT2D eigenvalue weighted by atomic mass is 9.66. The molecule has 0 bridgehead atoms. The van der Waals surface area contributed by atoms with Gasteiger partial charge in [0.2, 0.25) is 0 Å². The molecular formula is C15H29NO3. The summed E-state index contributed by atoms with van der Waals surface area (Å²) in [6, 6.07) is 0. The van der Waals surface area contributed by atoms with E-state index >= 15 is 0 Å². The first kappa shape index (κ1) is 16.4. The molecule has 112 valence electrons. The molecule has 0 atom stereocenters. The highest BCUT2D eigenvalue weighted by Gasteiger charge is 2.38. The molecule has 0 saturated heterocycles. The van der Waals surface area contributed by atoms with E-state index in [1.54, 1.807) is 7.11 Å². The van der Waals surface area contributed by atoms with Crippen LogP contribution in [-0.4, -0.2) is 37.9 Å². The highest BCUT2D eigenvalue weighted by molar-refractivity contribution is 5.74. The lowest BCUT2D eigenvalue weighted by molar-refractivity contribution is -0.149. The molecule has 4 nitrogen and oxygen atoms in total. The van der Waals surface area contributed by atoms with E-state index in [-0.39, 0.29) is 0 Å². The second-order valence-corrected chi connectivity index (χ2v) is 5.99. The van der Waals surface area contributed by atoms with Crippen molar-refractivity contribution < 1.29 is 14.6 Å². The second-order valence-electron chi connectivity index (χ2n) is 5.99. The third-order valence-electron chi connectivity index (χ3n) is 5.02. The summed E-state index contributed by atoms with van der Waals surface area (Å²) in [6.45, 7) is 6.22. The molecule has 4 heteroatoms. The van der Waals surface area contributed by atoms with Gasteiger partial charge in [0.15, 0.2) is 0 Å². The first-order chi connectivity index (χ1) is 9.04. The summed E-state index contributed by atoms with van der Waals surface area (Å²) in [4.78, 5) is 11.4. The zero-order chi connectivity index (χ0) is 14.4. The van der Waals surface area contributed by atoms with Crippen molar-refractivity contribution >= 4 is 5.97 Å². The Morgan fingerprint density at radius 2 is 2.00 bits per heavy atom. The van der Waals surface area contributed by atoms with Gasteiger partial charge in [0, 0.05) is 26.8 Å². The van der Waals surface area contributed by atoms with Crippen molar-refractivity contribution in [2.24, 2.45) is 10.8 Å². The number of nitrogens with one attached hydrogen (secondary N) is 1. The molecule has 1 aliphatic rings. The predicted molar refractivity (Wildman–Crippen MR) is 76.3 cm³/mol. The van der Waals surface area contributed by atoms with E-state index in [1.165, 1.54) is 19.3 Å². The van der Waals surface area contributed by atoms with Gasteiger partial charge in [-0.25, -0.2) is 0 Å². The Balaban J connectivity index is 2.44. The van der Waals surface area contributed by atoms with Crippen LogP contribution in [0, 0.1) is 10.8 Å². The molecule has 0 radical (unpaired) electrons. The standard InChI is InChI=1S/C15H29NO3/c1-4-15(5-2,13(17)18)12-16-11-14(7-6-8-14)9-10-19-3/h16H,4-12H2,1-3H3,(H,17,18). The molecule has 2 N–H and O–H groups in total. The van der Waals surface area contributed by atoms with Crippen molar-refractivity contribution in [3.8, 4) is 0 Å². The van der Waals surface area contributed by atoms with E-state index in [1.807, 2.05) is 13.8 Å². The predicted octanol–water partition coefficient (Wildman–Crippen LogP) is 2.67. The van der Waals surface area contributed by atoms with Crippen LogP contribution in [-0.2, 0) is 9.53 Å². The fraction of sp³-hybridized carbons (Fsp3) is 0.933. The van der Waals surface area contributed by atoms with Crippen LogP contribution >= 0.6 is 0 Å². The third kappa shape index (κ3) is 3.93. The molecule has 0 aromatic carbocycles. The summed E-state index contributed by atoms with van der Waals surface area (Å²) in [5.74, 6) is -0.676. The van der Waals surface area contributed by atoms with Crippen molar-refractivity contribution in [3.63, 3.8) is 0 Å². The largest absolute Gasteiger partial charge is 0.481 e. The van der Waals surface area contributed by atoms with Gasteiger partial charge in [0.05, 0.1) is 5.41 Å². The zero-order valence-corrected chi connectivity index (χ0v) is 12.6. The van der Waals surface area contributed by atoms with Crippen LogP contribution in [0.15, 0.2) is 0 Å². The van der Waals surface area contributed by atoms with Crippen molar-refractivity contribution in [2.75, 3.05) is 26.8 Å². The number of aliphatic carboxylic acids is 1. The summed E-state index contributed by atoms with van der Waals surface area (Å²) in [7, 11) is 1.74. The number of carboxylic acids is 1. The average molecular weight is 271 g/mol. The average Bonchev–Trinajstić information content (AvgIpc) is 2.36. The molecule has 19 heavy (non-hydrogen) atoms. The van der Waals surface area contributed by atoms with E-state index in [2.05, 4.69) is 5.32 Å². The van der Waals surface area contributed by atoms with Crippen LogP contribution in [0.1, 0.15) is 52.4 Å². The van der Waals surface area contributed by atoms with Crippen LogP contribution in [0.2, 0.25) is 0 Å². The summed E-state index contributed by atoms with van der Waals surface area (Å²) in [6.07, 6.45) is 6.20. The molecule has 0 spiro atoms. The fourth-order valence-electron chi connectivity index (χ4n) is 2.96. The molecule has 0 unspecified atom stereocenters. The quantitative estimate of drug-likeness (QED) is 0.641. The van der Waals surface area contributed by atoms with Gasteiger partial charge in [-0.15, -0.1) is 0 Å². The molecule has 1 rings (SSSR count). The molecule has 1 fully saturated rings. The van der Waals surface area contributed by atoms with Crippen molar-refractivity contribution in [1.29, 1.82) is 0 Å². The Morgan fingerprint density at radius 1 is 1.37 bits per heavy atom. The molecule has 0 heterocycles. The van der Waals surface area contributed by atoms with Gasteiger partial charge in [-0.05, 0) is 37.5 Å². The number of hydrogen-bond donors (Lipinski definition) is 2. The highest BCUT2D eigenvalue weighted by atomic mass is 16.5. The first-order valence-electron chi connectivity index (χ1n) is 7.47. The SMILES string of the molecule is CCC(CC)(CNCC1(CCOC)CCC1)C(=O)O. The van der Waals surface area contributed by atoms with Crippen LogP contribution in [0.3, 0.4) is 0 Å². The monoisotopic (exact) mass is 271 g/mol. The maximum absolute atomic E-state index is 11.4. The van der Waals surface area contributed by atoms with Gasteiger partial charge >= 0.3 is 5.97 Å². The van der Waals surface area contributed by atoms with Crippen molar-refractivity contribution in [3.05, 3.63) is 0 Å². The Kier molecular flexibility index (Phi) is 6.27. The van der Waals surface area contributed by atoms with Gasteiger partial charge in [-0.3, -0.25) is 4.79 Å². The summed E-state index contributed by atoms with van der Waals surface area (Å²) < 4.78 is 5.18. The second kappa shape index (κ2) is 7.25. The minimum Gasteiger partial charge on any atom is -0.481 e.